The Morgan fingerprint density at radius 1 is 0.763 bits per heavy atom. The average Bonchev–Trinajstić information content (AvgIpc) is 3.57. The highest BCUT2D eigenvalue weighted by atomic mass is 32.2. The van der Waals surface area contributed by atoms with Crippen LogP contribution in [-0.2, 0) is 27.2 Å². The summed E-state index contributed by atoms with van der Waals surface area (Å²) in [4.78, 5) is 57.0. The lowest BCUT2D eigenvalue weighted by atomic mass is 9.96. The second kappa shape index (κ2) is 20.6. The molecule has 6 rings (SSSR count). The first-order valence-electron chi connectivity index (χ1n) is 19.4. The van der Waals surface area contributed by atoms with E-state index in [0.717, 1.165) is 54.5 Å². The minimum atomic E-state index is -0.722. The predicted molar refractivity (Wildman–Crippen MR) is 233 cm³/mol. The molecule has 3 N–H and O–H groups in total. The van der Waals surface area contributed by atoms with E-state index < -0.39 is 23.0 Å². The van der Waals surface area contributed by atoms with E-state index in [1.54, 1.807) is 67.6 Å². The Morgan fingerprint density at radius 2 is 1.44 bits per heavy atom. The highest BCUT2D eigenvalue weighted by Gasteiger charge is 2.29. The van der Waals surface area contributed by atoms with Gasteiger partial charge in [0.1, 0.15) is 21.7 Å². The zero-order valence-corrected chi connectivity index (χ0v) is 35.1. The molecule has 3 amide bonds. The van der Waals surface area contributed by atoms with E-state index in [4.69, 9.17) is 18.9 Å². The van der Waals surface area contributed by atoms with E-state index in [0.29, 0.717) is 49.5 Å². The summed E-state index contributed by atoms with van der Waals surface area (Å²) in [6.07, 6.45) is 7.35. The maximum atomic E-state index is 14.4. The van der Waals surface area contributed by atoms with Crippen molar-refractivity contribution in [1.29, 1.82) is 0 Å². The molecule has 0 spiro atoms. The zero-order chi connectivity index (χ0) is 41.7. The first kappa shape index (κ1) is 42.6. The minimum Gasteiger partial charge on any atom is -0.496 e. The van der Waals surface area contributed by atoms with Crippen molar-refractivity contribution in [1.82, 2.24) is 5.32 Å². The molecule has 0 aliphatic heterocycles. The van der Waals surface area contributed by atoms with Gasteiger partial charge in [-0.2, -0.15) is 0 Å². The molecule has 1 aromatic heterocycles. The van der Waals surface area contributed by atoms with Crippen molar-refractivity contribution >= 4 is 63.6 Å². The molecule has 0 fully saturated rings. The second-order valence-electron chi connectivity index (χ2n) is 13.5. The summed E-state index contributed by atoms with van der Waals surface area (Å²) in [6, 6.07) is 28.4. The average molecular weight is 834 g/mol. The summed E-state index contributed by atoms with van der Waals surface area (Å²) in [5.74, 6) is -0.607. The summed E-state index contributed by atoms with van der Waals surface area (Å²) in [6.45, 7) is 2.01. The van der Waals surface area contributed by atoms with Crippen LogP contribution >= 0.6 is 23.1 Å². The summed E-state index contributed by atoms with van der Waals surface area (Å²) in [5.41, 5.74) is 3.37. The van der Waals surface area contributed by atoms with Crippen LogP contribution in [0.2, 0.25) is 0 Å². The predicted octanol–water partition coefficient (Wildman–Crippen LogP) is 9.49. The van der Waals surface area contributed by atoms with Crippen molar-refractivity contribution in [3.63, 3.8) is 0 Å². The van der Waals surface area contributed by atoms with Crippen LogP contribution in [0.1, 0.15) is 80.1 Å². The lowest BCUT2D eigenvalue weighted by molar-refractivity contribution is -0.116. The highest BCUT2D eigenvalue weighted by molar-refractivity contribution is 8.00. The Bertz CT molecular complexity index is 2310. The van der Waals surface area contributed by atoms with Gasteiger partial charge in [0.25, 0.3) is 11.8 Å². The molecule has 5 aromatic rings. The number of esters is 1. The normalized spacial score (nSPS) is 13.1. The number of anilines is 2. The fraction of sp³-hybridized carbons (Fsp3) is 0.261. The molecule has 0 saturated heterocycles. The molecule has 13 heteroatoms. The van der Waals surface area contributed by atoms with Gasteiger partial charge in [0.15, 0.2) is 11.5 Å². The third-order valence-electron chi connectivity index (χ3n) is 9.64. The smallest absolute Gasteiger partial charge is 0.341 e. The topological polar surface area (TPSA) is 141 Å². The van der Waals surface area contributed by atoms with E-state index in [1.165, 1.54) is 50.5 Å². The number of ether oxygens (including phenoxy) is 4. The molecule has 59 heavy (non-hydrogen) atoms. The van der Waals surface area contributed by atoms with Crippen LogP contribution in [0.15, 0.2) is 108 Å². The number of thiophene rings is 1. The van der Waals surface area contributed by atoms with Crippen LogP contribution < -0.4 is 30.2 Å². The SMILES string of the molecule is CCOC(=O)c1c(NC(=O)C(Sc2cccc(NC(=O)/C(=C\c3cc(OC)c(OC)cc3OC)NC(=O)c3ccccc3)c2)c2ccccc2)sc2c1CCCCCC2. The number of carbonyl (C=O) groups is 4. The van der Waals surface area contributed by atoms with Crippen molar-refractivity contribution in [3.8, 4) is 17.2 Å². The van der Waals surface area contributed by atoms with E-state index in [-0.39, 0.29) is 18.2 Å². The molecule has 1 unspecified atom stereocenters. The molecule has 1 atom stereocenters. The number of aryl methyl sites for hydroxylation is 1. The van der Waals surface area contributed by atoms with Crippen LogP contribution in [-0.4, -0.2) is 51.6 Å². The van der Waals surface area contributed by atoms with Gasteiger partial charge in [0, 0.05) is 32.7 Å². The molecular formula is C46H47N3O8S2. The maximum absolute atomic E-state index is 14.4. The van der Waals surface area contributed by atoms with Gasteiger partial charge >= 0.3 is 5.97 Å². The van der Waals surface area contributed by atoms with Crippen LogP contribution in [0.3, 0.4) is 0 Å². The molecule has 0 radical (unpaired) electrons. The number of benzene rings is 4. The molecule has 4 aromatic carbocycles. The van der Waals surface area contributed by atoms with Gasteiger partial charge in [-0.05, 0) is 86.2 Å². The van der Waals surface area contributed by atoms with Crippen molar-refractivity contribution in [2.45, 2.75) is 55.6 Å². The fourth-order valence-corrected chi connectivity index (χ4v) is 9.11. The molecule has 0 bridgehead atoms. The summed E-state index contributed by atoms with van der Waals surface area (Å²) >= 11 is 2.77. The highest BCUT2D eigenvalue weighted by Crippen LogP contribution is 2.41. The molecule has 0 saturated carbocycles. The standard InChI is InChI=1S/C46H47N3O8S2/c1-5-57-46(53)40-34-23-14-6-7-15-24-39(34)59-45(40)49-44(52)41(29-17-10-8-11-18-29)58-33-22-16-21-32(27-33)47-43(51)35(48-42(50)30-19-12-9-13-20-30)25-31-26-37(55-3)38(56-4)28-36(31)54-2/h8-13,16-22,25-28,41H,5-7,14-15,23-24H2,1-4H3,(H,47,51)(H,48,50)(H,49,52)/b35-25+. The monoisotopic (exact) mass is 833 g/mol. The Labute approximate surface area is 352 Å². The van der Waals surface area contributed by atoms with Crippen molar-refractivity contribution in [3.05, 3.63) is 135 Å². The van der Waals surface area contributed by atoms with Gasteiger partial charge < -0.3 is 34.9 Å². The van der Waals surface area contributed by atoms with Crippen LogP contribution in [0, 0.1) is 0 Å². The third-order valence-corrected chi connectivity index (χ3v) is 12.1. The van der Waals surface area contributed by atoms with Gasteiger partial charge in [0.2, 0.25) is 5.91 Å². The number of hydrogen-bond acceptors (Lipinski definition) is 10. The number of hydrogen-bond donors (Lipinski definition) is 3. The summed E-state index contributed by atoms with van der Waals surface area (Å²) in [7, 11) is 4.49. The molecule has 1 aliphatic carbocycles. The van der Waals surface area contributed by atoms with E-state index in [9.17, 15) is 19.2 Å². The fourth-order valence-electron chi connectivity index (χ4n) is 6.75. The molecular weight excluding hydrogens is 787 g/mol. The second-order valence-corrected chi connectivity index (χ2v) is 15.8. The van der Waals surface area contributed by atoms with Crippen LogP contribution in [0.5, 0.6) is 17.2 Å². The van der Waals surface area contributed by atoms with Crippen LogP contribution in [0.25, 0.3) is 6.08 Å². The quantitative estimate of drug-likeness (QED) is 0.0535. The molecule has 1 aliphatic rings. The van der Waals surface area contributed by atoms with Crippen LogP contribution in [0.4, 0.5) is 10.7 Å². The Balaban J connectivity index is 1.29. The lowest BCUT2D eigenvalue weighted by Gasteiger charge is -2.18. The molecule has 11 nitrogen and oxygen atoms in total. The number of rotatable bonds is 15. The van der Waals surface area contributed by atoms with Crippen molar-refractivity contribution in [2.75, 3.05) is 38.6 Å². The number of thioether (sulfide) groups is 1. The Morgan fingerprint density at radius 3 is 2.14 bits per heavy atom. The number of carbonyl (C=O) groups excluding carboxylic acids is 4. The third kappa shape index (κ3) is 10.7. The van der Waals surface area contributed by atoms with Gasteiger partial charge in [0.05, 0.1) is 33.5 Å². The number of methoxy groups -OCH3 is 3. The summed E-state index contributed by atoms with van der Waals surface area (Å²) in [5, 5.41) is 8.59. The Hall–Kier alpha value is -6.05. The van der Waals surface area contributed by atoms with Gasteiger partial charge in [-0.1, -0.05) is 67.4 Å². The van der Waals surface area contributed by atoms with Gasteiger partial charge in [-0.3, -0.25) is 14.4 Å². The zero-order valence-electron chi connectivity index (χ0n) is 33.4. The molecule has 1 heterocycles. The Kier molecular flexibility index (Phi) is 14.8. The summed E-state index contributed by atoms with van der Waals surface area (Å²) < 4.78 is 22.0. The van der Waals surface area contributed by atoms with E-state index in [1.807, 2.05) is 36.4 Å². The minimum absolute atomic E-state index is 0.0635. The van der Waals surface area contributed by atoms with Crippen molar-refractivity contribution < 1.29 is 38.1 Å². The lowest BCUT2D eigenvalue weighted by Crippen LogP contribution is -2.30. The van der Waals surface area contributed by atoms with Gasteiger partial charge in [-0.25, -0.2) is 4.79 Å². The largest absolute Gasteiger partial charge is 0.496 e. The molecule has 306 valence electrons. The maximum Gasteiger partial charge on any atom is 0.341 e. The van der Waals surface area contributed by atoms with E-state index >= 15 is 0 Å². The number of nitrogens with one attached hydrogen (secondary N) is 3. The number of fused-ring (bicyclic) bond motifs is 1. The van der Waals surface area contributed by atoms with E-state index in [2.05, 4.69) is 16.0 Å². The first-order valence-corrected chi connectivity index (χ1v) is 21.1. The van der Waals surface area contributed by atoms with Gasteiger partial charge in [-0.15, -0.1) is 23.1 Å². The first-order chi connectivity index (χ1) is 28.7. The van der Waals surface area contributed by atoms with Crippen molar-refractivity contribution in [2.24, 2.45) is 0 Å². The number of amides is 3.